The first kappa shape index (κ1) is 13.4. The van der Waals surface area contributed by atoms with E-state index in [-0.39, 0.29) is 11.6 Å². The summed E-state index contributed by atoms with van der Waals surface area (Å²) in [6.07, 6.45) is 0. The number of benzene rings is 2. The van der Waals surface area contributed by atoms with E-state index in [1.807, 2.05) is 12.1 Å². The number of aromatic hydroxyl groups is 1. The standard InChI is InChI=1S/C15H16FNO2/c1-19-15-6-5-12(8-14(15)18)10-17-9-11-3-2-4-13(16)7-11/h2-8,17-18H,9-10H2,1H3. The van der Waals surface area contributed by atoms with Gasteiger partial charge in [0.1, 0.15) is 5.82 Å². The normalized spacial score (nSPS) is 10.4. The van der Waals surface area contributed by atoms with Gasteiger partial charge in [0.05, 0.1) is 7.11 Å². The van der Waals surface area contributed by atoms with Crippen molar-refractivity contribution in [3.63, 3.8) is 0 Å². The van der Waals surface area contributed by atoms with Crippen molar-refractivity contribution in [3.8, 4) is 11.5 Å². The van der Waals surface area contributed by atoms with E-state index in [0.717, 1.165) is 11.1 Å². The number of halogens is 1. The highest BCUT2D eigenvalue weighted by Gasteiger charge is 2.02. The molecule has 2 aromatic carbocycles. The lowest BCUT2D eigenvalue weighted by molar-refractivity contribution is 0.373. The van der Waals surface area contributed by atoms with Crippen LogP contribution in [0.5, 0.6) is 11.5 Å². The highest BCUT2D eigenvalue weighted by atomic mass is 19.1. The summed E-state index contributed by atoms with van der Waals surface area (Å²) in [7, 11) is 1.51. The van der Waals surface area contributed by atoms with Crippen LogP contribution in [0.1, 0.15) is 11.1 Å². The SMILES string of the molecule is COc1ccc(CNCc2cccc(F)c2)cc1O. The van der Waals surface area contributed by atoms with Crippen molar-refractivity contribution in [1.29, 1.82) is 0 Å². The molecule has 0 aliphatic rings. The van der Waals surface area contributed by atoms with Crippen LogP contribution >= 0.6 is 0 Å². The fraction of sp³-hybridized carbons (Fsp3) is 0.200. The first-order chi connectivity index (χ1) is 9.19. The highest BCUT2D eigenvalue weighted by Crippen LogP contribution is 2.26. The van der Waals surface area contributed by atoms with Crippen molar-refractivity contribution in [2.75, 3.05) is 7.11 Å². The Morgan fingerprint density at radius 2 is 1.84 bits per heavy atom. The van der Waals surface area contributed by atoms with Gasteiger partial charge in [-0.05, 0) is 35.4 Å². The number of nitrogens with one attached hydrogen (secondary N) is 1. The molecular weight excluding hydrogens is 245 g/mol. The quantitative estimate of drug-likeness (QED) is 0.869. The van der Waals surface area contributed by atoms with Gasteiger partial charge < -0.3 is 15.2 Å². The number of phenolic OH excluding ortho intramolecular Hbond substituents is 1. The molecule has 0 heterocycles. The van der Waals surface area contributed by atoms with E-state index >= 15 is 0 Å². The van der Waals surface area contributed by atoms with Crippen molar-refractivity contribution in [2.24, 2.45) is 0 Å². The third kappa shape index (κ3) is 3.69. The van der Waals surface area contributed by atoms with Gasteiger partial charge in [-0.1, -0.05) is 18.2 Å². The van der Waals surface area contributed by atoms with Crippen molar-refractivity contribution in [3.05, 3.63) is 59.4 Å². The van der Waals surface area contributed by atoms with Crippen molar-refractivity contribution >= 4 is 0 Å². The van der Waals surface area contributed by atoms with Crippen LogP contribution in [0.4, 0.5) is 4.39 Å². The molecule has 2 N–H and O–H groups in total. The maximum atomic E-state index is 13.0. The van der Waals surface area contributed by atoms with Crippen LogP contribution in [0.25, 0.3) is 0 Å². The Morgan fingerprint density at radius 3 is 2.47 bits per heavy atom. The van der Waals surface area contributed by atoms with E-state index < -0.39 is 0 Å². The Balaban J connectivity index is 1.90. The second kappa shape index (κ2) is 6.20. The van der Waals surface area contributed by atoms with Gasteiger partial charge in [0.2, 0.25) is 0 Å². The summed E-state index contributed by atoms with van der Waals surface area (Å²) in [5.41, 5.74) is 1.83. The maximum Gasteiger partial charge on any atom is 0.160 e. The Kier molecular flexibility index (Phi) is 4.36. The molecule has 4 heteroatoms. The van der Waals surface area contributed by atoms with Crippen molar-refractivity contribution in [2.45, 2.75) is 13.1 Å². The summed E-state index contributed by atoms with van der Waals surface area (Å²) in [6.45, 7) is 1.17. The van der Waals surface area contributed by atoms with Crippen LogP contribution in [-0.2, 0) is 13.1 Å². The van der Waals surface area contributed by atoms with Crippen LogP contribution in [-0.4, -0.2) is 12.2 Å². The second-order valence-corrected chi connectivity index (χ2v) is 4.24. The highest BCUT2D eigenvalue weighted by molar-refractivity contribution is 5.41. The summed E-state index contributed by atoms with van der Waals surface area (Å²) in [6, 6.07) is 11.7. The average Bonchev–Trinajstić information content (AvgIpc) is 2.39. The molecular formula is C15H16FNO2. The average molecular weight is 261 g/mol. The smallest absolute Gasteiger partial charge is 0.160 e. The zero-order chi connectivity index (χ0) is 13.7. The van der Waals surface area contributed by atoms with E-state index in [9.17, 15) is 9.50 Å². The monoisotopic (exact) mass is 261 g/mol. The summed E-state index contributed by atoms with van der Waals surface area (Å²) in [5.74, 6) is 0.336. The molecule has 0 atom stereocenters. The zero-order valence-electron chi connectivity index (χ0n) is 10.7. The molecule has 19 heavy (non-hydrogen) atoms. The molecule has 0 radical (unpaired) electrons. The summed E-state index contributed by atoms with van der Waals surface area (Å²) < 4.78 is 18.0. The lowest BCUT2D eigenvalue weighted by Crippen LogP contribution is -2.12. The van der Waals surface area contributed by atoms with E-state index in [4.69, 9.17) is 4.74 Å². The minimum atomic E-state index is -0.235. The molecule has 0 saturated carbocycles. The Hall–Kier alpha value is -2.07. The van der Waals surface area contributed by atoms with Crippen LogP contribution in [0.3, 0.4) is 0 Å². The number of rotatable bonds is 5. The van der Waals surface area contributed by atoms with Crippen LogP contribution in [0.2, 0.25) is 0 Å². The molecule has 2 rings (SSSR count). The largest absolute Gasteiger partial charge is 0.504 e. The van der Waals surface area contributed by atoms with E-state index in [1.54, 1.807) is 18.2 Å². The van der Waals surface area contributed by atoms with Gasteiger partial charge in [-0.15, -0.1) is 0 Å². The molecule has 2 aromatic rings. The predicted octanol–water partition coefficient (Wildman–Crippen LogP) is 2.83. The van der Waals surface area contributed by atoms with Gasteiger partial charge in [-0.3, -0.25) is 0 Å². The maximum absolute atomic E-state index is 13.0. The molecule has 0 aliphatic heterocycles. The number of hydrogen-bond donors (Lipinski definition) is 2. The minimum Gasteiger partial charge on any atom is -0.504 e. The molecule has 0 aliphatic carbocycles. The lowest BCUT2D eigenvalue weighted by Gasteiger charge is -2.08. The van der Waals surface area contributed by atoms with E-state index in [0.29, 0.717) is 18.8 Å². The van der Waals surface area contributed by atoms with Gasteiger partial charge in [-0.25, -0.2) is 4.39 Å². The van der Waals surface area contributed by atoms with Crippen molar-refractivity contribution in [1.82, 2.24) is 5.32 Å². The summed E-state index contributed by atoms with van der Waals surface area (Å²) >= 11 is 0. The molecule has 0 bridgehead atoms. The van der Waals surface area contributed by atoms with Gasteiger partial charge in [0.25, 0.3) is 0 Å². The topological polar surface area (TPSA) is 41.5 Å². The molecule has 100 valence electrons. The van der Waals surface area contributed by atoms with Gasteiger partial charge >= 0.3 is 0 Å². The van der Waals surface area contributed by atoms with Gasteiger partial charge in [-0.2, -0.15) is 0 Å². The number of phenols is 1. The van der Waals surface area contributed by atoms with Crippen LogP contribution in [0, 0.1) is 5.82 Å². The van der Waals surface area contributed by atoms with Gasteiger partial charge in [0, 0.05) is 13.1 Å². The molecule has 3 nitrogen and oxygen atoms in total. The second-order valence-electron chi connectivity index (χ2n) is 4.24. The minimum absolute atomic E-state index is 0.118. The summed E-state index contributed by atoms with van der Waals surface area (Å²) in [5, 5.41) is 12.8. The molecule has 0 aromatic heterocycles. The van der Waals surface area contributed by atoms with E-state index in [2.05, 4.69) is 5.32 Å². The molecule has 0 unspecified atom stereocenters. The molecule has 0 saturated heterocycles. The first-order valence-electron chi connectivity index (χ1n) is 6.00. The third-order valence-electron chi connectivity index (χ3n) is 2.79. The van der Waals surface area contributed by atoms with Crippen LogP contribution < -0.4 is 10.1 Å². The Morgan fingerprint density at radius 1 is 1.11 bits per heavy atom. The van der Waals surface area contributed by atoms with Crippen LogP contribution in [0.15, 0.2) is 42.5 Å². The number of ether oxygens (including phenoxy) is 1. The summed E-state index contributed by atoms with van der Waals surface area (Å²) in [4.78, 5) is 0. The number of methoxy groups -OCH3 is 1. The van der Waals surface area contributed by atoms with E-state index in [1.165, 1.54) is 19.2 Å². The zero-order valence-corrected chi connectivity index (χ0v) is 10.7. The van der Waals surface area contributed by atoms with Gasteiger partial charge in [0.15, 0.2) is 11.5 Å². The molecule has 0 fully saturated rings. The molecule has 0 spiro atoms. The Bertz CT molecular complexity index is 558. The molecule has 0 amide bonds. The number of hydrogen-bond acceptors (Lipinski definition) is 3. The fourth-order valence-corrected chi connectivity index (χ4v) is 1.84. The van der Waals surface area contributed by atoms with Crippen molar-refractivity contribution < 1.29 is 14.2 Å². The fourth-order valence-electron chi connectivity index (χ4n) is 1.84. The lowest BCUT2D eigenvalue weighted by atomic mass is 10.2. The predicted molar refractivity (Wildman–Crippen MR) is 71.6 cm³/mol. The first-order valence-corrected chi connectivity index (χ1v) is 6.00. The Labute approximate surface area is 111 Å². The third-order valence-corrected chi connectivity index (χ3v) is 2.79.